The van der Waals surface area contributed by atoms with E-state index in [9.17, 15) is 9.59 Å². The number of aryl methyl sites for hydroxylation is 2. The molecule has 6 nitrogen and oxygen atoms in total. The number of benzene rings is 2. The number of nitrogens with zero attached hydrogens (tertiary/aromatic N) is 1. The van der Waals surface area contributed by atoms with Crippen molar-refractivity contribution in [3.05, 3.63) is 58.9 Å². The molecule has 0 aliphatic rings. The van der Waals surface area contributed by atoms with E-state index in [0.717, 1.165) is 10.8 Å². The summed E-state index contributed by atoms with van der Waals surface area (Å²) in [5.41, 5.74) is 2.42. The molecule has 1 heterocycles. The van der Waals surface area contributed by atoms with Crippen LogP contribution in [0.3, 0.4) is 0 Å². The van der Waals surface area contributed by atoms with Crippen molar-refractivity contribution in [1.29, 1.82) is 0 Å². The molecule has 2 aromatic carbocycles. The van der Waals surface area contributed by atoms with E-state index in [-0.39, 0.29) is 11.1 Å². The Balaban J connectivity index is 2.58. The molecular weight excluding hydrogens is 370 g/mol. The van der Waals surface area contributed by atoms with Crippen LogP contribution >= 0.6 is 0 Å². The summed E-state index contributed by atoms with van der Waals surface area (Å²) in [7, 11) is 2.60. The van der Waals surface area contributed by atoms with Gasteiger partial charge in [0, 0.05) is 11.1 Å². The number of fused-ring (bicyclic) bond motifs is 1. The Labute approximate surface area is 169 Å². The summed E-state index contributed by atoms with van der Waals surface area (Å²) >= 11 is 0. The SMILES string of the molecule is CCOc1ccc2ccccc2c1-c1c(C(=O)OC)c(C)nc(C)c1C(=O)OC. The fraction of sp³-hybridized carbons (Fsp3) is 0.261. The van der Waals surface area contributed by atoms with Crippen molar-refractivity contribution in [2.75, 3.05) is 20.8 Å². The number of hydrogen-bond acceptors (Lipinski definition) is 6. The second kappa shape index (κ2) is 8.31. The molecule has 0 saturated carbocycles. The molecule has 0 aliphatic heterocycles. The lowest BCUT2D eigenvalue weighted by molar-refractivity contribution is 0.0599. The van der Waals surface area contributed by atoms with Crippen molar-refractivity contribution in [2.24, 2.45) is 0 Å². The van der Waals surface area contributed by atoms with Crippen LogP contribution in [-0.2, 0) is 9.47 Å². The van der Waals surface area contributed by atoms with Crippen LogP contribution in [0.2, 0.25) is 0 Å². The van der Waals surface area contributed by atoms with Crippen LogP contribution in [-0.4, -0.2) is 37.7 Å². The third-order valence-corrected chi connectivity index (χ3v) is 4.78. The summed E-state index contributed by atoms with van der Waals surface area (Å²) in [6.07, 6.45) is 0. The van der Waals surface area contributed by atoms with Crippen LogP contribution in [0.1, 0.15) is 39.0 Å². The predicted molar refractivity (Wildman–Crippen MR) is 111 cm³/mol. The number of carbonyl (C=O) groups is 2. The molecule has 0 atom stereocenters. The van der Waals surface area contributed by atoms with Gasteiger partial charge in [-0.05, 0) is 37.6 Å². The Bertz CT molecular complexity index is 1060. The van der Waals surface area contributed by atoms with E-state index in [1.54, 1.807) is 13.8 Å². The number of ether oxygens (including phenoxy) is 3. The van der Waals surface area contributed by atoms with Gasteiger partial charge in [0.15, 0.2) is 0 Å². The average molecular weight is 393 g/mol. The highest BCUT2D eigenvalue weighted by molar-refractivity contribution is 6.13. The minimum Gasteiger partial charge on any atom is -0.493 e. The first-order valence-corrected chi connectivity index (χ1v) is 9.27. The second-order valence-corrected chi connectivity index (χ2v) is 6.48. The molecule has 6 heteroatoms. The van der Waals surface area contributed by atoms with Crippen molar-refractivity contribution >= 4 is 22.7 Å². The van der Waals surface area contributed by atoms with Crippen molar-refractivity contribution in [3.8, 4) is 16.9 Å². The first kappa shape index (κ1) is 20.3. The lowest BCUT2D eigenvalue weighted by Crippen LogP contribution is -2.16. The smallest absolute Gasteiger partial charge is 0.340 e. The standard InChI is InChI=1S/C23H23NO5/c1-6-29-17-12-11-15-9-7-8-10-16(15)20(17)21-18(22(25)27-4)13(2)24-14(3)19(21)23(26)28-5/h7-12H,6H2,1-5H3. The quantitative estimate of drug-likeness (QED) is 0.595. The molecule has 3 rings (SSSR count). The molecular formula is C23H23NO5. The van der Waals surface area contributed by atoms with Gasteiger partial charge >= 0.3 is 11.9 Å². The maximum Gasteiger partial charge on any atom is 0.340 e. The predicted octanol–water partition coefficient (Wildman–Crippen LogP) is 4.49. The van der Waals surface area contributed by atoms with Crippen LogP contribution in [0, 0.1) is 13.8 Å². The maximum atomic E-state index is 12.8. The molecule has 0 aliphatic carbocycles. The monoisotopic (exact) mass is 393 g/mol. The maximum absolute atomic E-state index is 12.8. The Kier molecular flexibility index (Phi) is 5.82. The third-order valence-electron chi connectivity index (χ3n) is 4.78. The van der Waals surface area contributed by atoms with Crippen LogP contribution in [0.15, 0.2) is 36.4 Å². The highest BCUT2D eigenvalue weighted by Gasteiger charge is 2.30. The highest BCUT2D eigenvalue weighted by Crippen LogP contribution is 2.42. The molecule has 0 bridgehead atoms. The minimum atomic E-state index is -0.578. The molecule has 0 amide bonds. The lowest BCUT2D eigenvalue weighted by atomic mass is 9.88. The summed E-state index contributed by atoms with van der Waals surface area (Å²) in [4.78, 5) is 29.9. The molecule has 1 aromatic heterocycles. The fourth-order valence-electron chi connectivity index (χ4n) is 3.59. The number of rotatable bonds is 5. The first-order chi connectivity index (χ1) is 13.9. The van der Waals surface area contributed by atoms with E-state index in [0.29, 0.717) is 34.9 Å². The van der Waals surface area contributed by atoms with Gasteiger partial charge in [-0.15, -0.1) is 0 Å². The topological polar surface area (TPSA) is 74.7 Å². The molecule has 0 unspecified atom stereocenters. The van der Waals surface area contributed by atoms with Gasteiger partial charge in [-0.3, -0.25) is 4.98 Å². The van der Waals surface area contributed by atoms with Crippen molar-refractivity contribution in [3.63, 3.8) is 0 Å². The third kappa shape index (κ3) is 3.53. The Morgan fingerprint density at radius 1 is 0.862 bits per heavy atom. The van der Waals surface area contributed by atoms with E-state index >= 15 is 0 Å². The van der Waals surface area contributed by atoms with Crippen molar-refractivity contribution in [1.82, 2.24) is 4.98 Å². The largest absolute Gasteiger partial charge is 0.493 e. The minimum absolute atomic E-state index is 0.218. The van der Waals surface area contributed by atoms with Gasteiger partial charge in [-0.25, -0.2) is 9.59 Å². The zero-order valence-electron chi connectivity index (χ0n) is 17.2. The molecule has 0 fully saturated rings. The zero-order valence-corrected chi connectivity index (χ0v) is 17.2. The summed E-state index contributed by atoms with van der Waals surface area (Å²) in [6, 6.07) is 11.5. The second-order valence-electron chi connectivity index (χ2n) is 6.48. The number of aromatic nitrogens is 1. The first-order valence-electron chi connectivity index (χ1n) is 9.27. The molecule has 0 spiro atoms. The summed E-state index contributed by atoms with van der Waals surface area (Å²) < 4.78 is 15.9. The van der Waals surface area contributed by atoms with Crippen LogP contribution < -0.4 is 4.74 Å². The average Bonchev–Trinajstić information content (AvgIpc) is 2.72. The normalized spacial score (nSPS) is 10.7. The van der Waals surface area contributed by atoms with Crippen molar-refractivity contribution in [2.45, 2.75) is 20.8 Å². The molecule has 0 radical (unpaired) electrons. The Hall–Kier alpha value is -3.41. The van der Waals surface area contributed by atoms with Gasteiger partial charge in [-0.1, -0.05) is 30.3 Å². The van der Waals surface area contributed by atoms with Gasteiger partial charge in [0.05, 0.1) is 43.3 Å². The van der Waals surface area contributed by atoms with Gasteiger partial charge in [0.2, 0.25) is 0 Å². The molecule has 150 valence electrons. The molecule has 29 heavy (non-hydrogen) atoms. The van der Waals surface area contributed by atoms with Crippen LogP contribution in [0.25, 0.3) is 21.9 Å². The highest BCUT2D eigenvalue weighted by atomic mass is 16.5. The fourth-order valence-corrected chi connectivity index (χ4v) is 3.59. The van der Waals surface area contributed by atoms with Crippen molar-refractivity contribution < 1.29 is 23.8 Å². The molecule has 3 aromatic rings. The molecule has 0 N–H and O–H groups in total. The van der Waals surface area contributed by atoms with E-state index < -0.39 is 11.9 Å². The summed E-state index contributed by atoms with van der Waals surface area (Å²) in [5.74, 6) is -0.595. The molecule has 0 saturated heterocycles. The number of pyridine rings is 1. The Morgan fingerprint density at radius 2 is 1.45 bits per heavy atom. The number of methoxy groups -OCH3 is 2. The van der Waals surface area contributed by atoms with Gasteiger partial charge in [0.25, 0.3) is 0 Å². The summed E-state index contributed by atoms with van der Waals surface area (Å²) in [6.45, 7) is 5.74. The number of hydrogen-bond donors (Lipinski definition) is 0. The zero-order chi connectivity index (χ0) is 21.1. The van der Waals surface area contributed by atoms with Crippen LogP contribution in [0.5, 0.6) is 5.75 Å². The van der Waals surface area contributed by atoms with E-state index in [1.807, 2.05) is 43.3 Å². The lowest BCUT2D eigenvalue weighted by Gasteiger charge is -2.20. The van der Waals surface area contributed by atoms with E-state index in [4.69, 9.17) is 14.2 Å². The van der Waals surface area contributed by atoms with Gasteiger partial charge in [0.1, 0.15) is 5.75 Å². The number of carbonyl (C=O) groups excluding carboxylic acids is 2. The van der Waals surface area contributed by atoms with Crippen LogP contribution in [0.4, 0.5) is 0 Å². The van der Waals surface area contributed by atoms with E-state index in [1.165, 1.54) is 14.2 Å². The Morgan fingerprint density at radius 3 is 2.00 bits per heavy atom. The summed E-state index contributed by atoms with van der Waals surface area (Å²) in [5, 5.41) is 1.79. The van der Waals surface area contributed by atoms with E-state index in [2.05, 4.69) is 4.98 Å². The van der Waals surface area contributed by atoms with Gasteiger partial charge < -0.3 is 14.2 Å². The number of esters is 2. The van der Waals surface area contributed by atoms with Gasteiger partial charge in [-0.2, -0.15) is 0 Å².